The fourth-order valence-electron chi connectivity index (χ4n) is 3.99. The average molecular weight is 407 g/mol. The Balaban J connectivity index is 1.60. The normalized spacial score (nSPS) is 23.5. The fourth-order valence-corrected chi connectivity index (χ4v) is 4.23. The highest BCUT2D eigenvalue weighted by atomic mass is 35.5. The van der Waals surface area contributed by atoms with Gasteiger partial charge in [-0.25, -0.2) is 13.6 Å². The summed E-state index contributed by atoms with van der Waals surface area (Å²) in [5.74, 6) is -0.816. The van der Waals surface area contributed by atoms with Crippen LogP contribution in [-0.2, 0) is 11.3 Å². The molecule has 1 atom stereocenters. The second kappa shape index (κ2) is 8.05. The molecule has 0 radical (unpaired) electrons. The maximum atomic E-state index is 14.2. The number of hydrogen-bond donors (Lipinski definition) is 0. The number of amides is 1. The summed E-state index contributed by atoms with van der Waals surface area (Å²) >= 11 is 6.28. The standard InChI is InChI=1S/C21H21ClF2N2O2/c22-17-3-1-2-4-19(17)26(12-15-11-16(23)5-6-18(15)24)21(27)28-20-13-25-9-7-14(20)8-10-25/h1-6,11,14,20H,7-10,12-13H2. The van der Waals surface area contributed by atoms with Crippen LogP contribution in [0.3, 0.4) is 0 Å². The van der Waals surface area contributed by atoms with Crippen LogP contribution in [0.5, 0.6) is 0 Å². The van der Waals surface area contributed by atoms with Crippen LogP contribution in [0, 0.1) is 17.6 Å². The first-order chi connectivity index (χ1) is 13.5. The van der Waals surface area contributed by atoms with Gasteiger partial charge >= 0.3 is 6.09 Å². The zero-order valence-corrected chi connectivity index (χ0v) is 16.0. The van der Waals surface area contributed by atoms with E-state index in [9.17, 15) is 13.6 Å². The van der Waals surface area contributed by atoms with Gasteiger partial charge in [0.15, 0.2) is 0 Å². The lowest BCUT2D eigenvalue weighted by Crippen LogP contribution is -2.53. The predicted molar refractivity (Wildman–Crippen MR) is 103 cm³/mol. The van der Waals surface area contributed by atoms with Gasteiger partial charge in [-0.3, -0.25) is 9.80 Å². The van der Waals surface area contributed by atoms with E-state index >= 15 is 0 Å². The van der Waals surface area contributed by atoms with Gasteiger partial charge in [-0.1, -0.05) is 23.7 Å². The van der Waals surface area contributed by atoms with Crippen molar-refractivity contribution >= 4 is 23.4 Å². The largest absolute Gasteiger partial charge is 0.444 e. The van der Waals surface area contributed by atoms with Crippen LogP contribution in [-0.4, -0.2) is 36.7 Å². The molecular weight excluding hydrogens is 386 g/mol. The molecular formula is C21H21ClF2N2O2. The molecule has 2 bridgehead atoms. The third-order valence-corrected chi connectivity index (χ3v) is 5.87. The number of piperidine rings is 3. The first-order valence-corrected chi connectivity index (χ1v) is 9.78. The van der Waals surface area contributed by atoms with E-state index in [2.05, 4.69) is 4.90 Å². The molecule has 4 nitrogen and oxygen atoms in total. The van der Waals surface area contributed by atoms with Gasteiger partial charge in [0, 0.05) is 12.1 Å². The monoisotopic (exact) mass is 406 g/mol. The summed E-state index contributed by atoms with van der Waals surface area (Å²) in [6.45, 7) is 2.59. The minimum absolute atomic E-state index is 0.0609. The van der Waals surface area contributed by atoms with Crippen LogP contribution in [0.25, 0.3) is 0 Å². The Bertz CT molecular complexity index is 871. The summed E-state index contributed by atoms with van der Waals surface area (Å²) in [4.78, 5) is 16.6. The number of benzene rings is 2. The van der Waals surface area contributed by atoms with Crippen molar-refractivity contribution in [1.29, 1.82) is 0 Å². The number of fused-ring (bicyclic) bond motifs is 3. The Hall–Kier alpha value is -2.18. The number of ether oxygens (including phenoxy) is 1. The van der Waals surface area contributed by atoms with Crippen molar-refractivity contribution in [2.45, 2.75) is 25.5 Å². The first kappa shape index (κ1) is 19.2. The maximum absolute atomic E-state index is 14.2. The number of anilines is 1. The van der Waals surface area contributed by atoms with Crippen LogP contribution in [0.15, 0.2) is 42.5 Å². The summed E-state index contributed by atoms with van der Waals surface area (Å²) in [6, 6.07) is 9.97. The summed E-state index contributed by atoms with van der Waals surface area (Å²) in [7, 11) is 0. The smallest absolute Gasteiger partial charge is 0.414 e. The van der Waals surface area contributed by atoms with Crippen molar-refractivity contribution in [1.82, 2.24) is 4.90 Å². The third-order valence-electron chi connectivity index (χ3n) is 5.55. The van der Waals surface area contributed by atoms with Crippen LogP contribution in [0.4, 0.5) is 19.3 Å². The first-order valence-electron chi connectivity index (χ1n) is 9.40. The van der Waals surface area contributed by atoms with E-state index in [1.807, 2.05) is 0 Å². The molecule has 0 N–H and O–H groups in total. The van der Waals surface area contributed by atoms with Gasteiger partial charge in [0.1, 0.15) is 17.7 Å². The van der Waals surface area contributed by atoms with Crippen LogP contribution in [0.2, 0.25) is 5.02 Å². The van der Waals surface area contributed by atoms with E-state index in [0.29, 0.717) is 23.2 Å². The molecule has 5 rings (SSSR count). The second-order valence-corrected chi connectivity index (χ2v) is 7.74. The Labute approximate surface area is 167 Å². The van der Waals surface area contributed by atoms with Crippen LogP contribution >= 0.6 is 11.6 Å². The van der Waals surface area contributed by atoms with E-state index in [1.54, 1.807) is 24.3 Å². The molecule has 2 aromatic carbocycles. The van der Waals surface area contributed by atoms with E-state index in [4.69, 9.17) is 16.3 Å². The number of halogens is 3. The Morgan fingerprint density at radius 1 is 1.18 bits per heavy atom. The number of rotatable bonds is 4. The zero-order valence-electron chi connectivity index (χ0n) is 15.3. The number of para-hydroxylation sites is 1. The number of carbonyl (C=O) groups is 1. The minimum atomic E-state index is -0.601. The highest BCUT2D eigenvalue weighted by molar-refractivity contribution is 6.33. The predicted octanol–water partition coefficient (Wildman–Crippen LogP) is 4.86. The van der Waals surface area contributed by atoms with E-state index in [0.717, 1.165) is 44.1 Å². The van der Waals surface area contributed by atoms with E-state index in [-0.39, 0.29) is 18.2 Å². The van der Waals surface area contributed by atoms with Gasteiger partial charge < -0.3 is 4.74 Å². The molecule has 0 saturated carbocycles. The summed E-state index contributed by atoms with van der Waals surface area (Å²) in [5, 5.41) is 0.338. The Morgan fingerprint density at radius 3 is 2.61 bits per heavy atom. The van der Waals surface area contributed by atoms with E-state index < -0.39 is 17.7 Å². The quantitative estimate of drug-likeness (QED) is 0.727. The highest BCUT2D eigenvalue weighted by Crippen LogP contribution is 2.32. The van der Waals surface area contributed by atoms with E-state index in [1.165, 1.54) is 4.90 Å². The van der Waals surface area contributed by atoms with Gasteiger partial charge in [0.25, 0.3) is 0 Å². The number of carbonyl (C=O) groups excluding carboxylic acids is 1. The van der Waals surface area contributed by atoms with Crippen molar-refractivity contribution in [2.75, 3.05) is 24.5 Å². The molecule has 3 aliphatic heterocycles. The molecule has 1 unspecified atom stereocenters. The zero-order chi connectivity index (χ0) is 19.7. The molecule has 148 valence electrons. The molecule has 3 aliphatic rings. The molecule has 1 amide bonds. The van der Waals surface area contributed by atoms with Crippen molar-refractivity contribution < 1.29 is 18.3 Å². The SMILES string of the molecule is O=C(OC1CN2CCC1CC2)N(Cc1cc(F)ccc1F)c1ccccc1Cl. The van der Waals surface area contributed by atoms with Crippen molar-refractivity contribution in [3.63, 3.8) is 0 Å². The number of hydrogen-bond acceptors (Lipinski definition) is 3. The second-order valence-electron chi connectivity index (χ2n) is 7.33. The fraction of sp³-hybridized carbons (Fsp3) is 0.381. The van der Waals surface area contributed by atoms with Crippen molar-refractivity contribution in [3.05, 3.63) is 64.7 Å². The lowest BCUT2D eigenvalue weighted by Gasteiger charge is -2.44. The molecule has 7 heteroatoms. The highest BCUT2D eigenvalue weighted by Gasteiger charge is 2.37. The molecule has 0 spiro atoms. The molecule has 0 aromatic heterocycles. The lowest BCUT2D eigenvalue weighted by molar-refractivity contribution is -0.0311. The third kappa shape index (κ3) is 3.98. The van der Waals surface area contributed by atoms with Crippen molar-refractivity contribution in [2.24, 2.45) is 5.92 Å². The van der Waals surface area contributed by atoms with Crippen LogP contribution < -0.4 is 4.90 Å². The molecule has 3 fully saturated rings. The average Bonchev–Trinajstić information content (AvgIpc) is 2.70. The summed E-state index contributed by atoms with van der Waals surface area (Å²) in [5.41, 5.74) is 0.463. The summed E-state index contributed by atoms with van der Waals surface area (Å²) in [6.07, 6.45) is 1.21. The lowest BCUT2D eigenvalue weighted by atomic mass is 9.86. The molecule has 2 aromatic rings. The number of nitrogens with zero attached hydrogens (tertiary/aromatic N) is 2. The Morgan fingerprint density at radius 2 is 1.93 bits per heavy atom. The molecule has 3 heterocycles. The maximum Gasteiger partial charge on any atom is 0.414 e. The van der Waals surface area contributed by atoms with Gasteiger partial charge in [-0.05, 0) is 62.2 Å². The molecule has 0 aliphatic carbocycles. The minimum Gasteiger partial charge on any atom is -0.444 e. The molecule has 28 heavy (non-hydrogen) atoms. The van der Waals surface area contributed by atoms with Crippen molar-refractivity contribution in [3.8, 4) is 0 Å². The van der Waals surface area contributed by atoms with Gasteiger partial charge in [-0.15, -0.1) is 0 Å². The van der Waals surface area contributed by atoms with Gasteiger partial charge in [0.2, 0.25) is 0 Å². The topological polar surface area (TPSA) is 32.8 Å². The molecule has 3 saturated heterocycles. The Kier molecular flexibility index (Phi) is 5.51. The van der Waals surface area contributed by atoms with Gasteiger partial charge in [0.05, 0.1) is 17.3 Å². The summed E-state index contributed by atoms with van der Waals surface area (Å²) < 4.78 is 33.6. The van der Waals surface area contributed by atoms with Gasteiger partial charge in [-0.2, -0.15) is 0 Å². The van der Waals surface area contributed by atoms with Crippen LogP contribution in [0.1, 0.15) is 18.4 Å².